The van der Waals surface area contributed by atoms with Gasteiger partial charge in [0.25, 0.3) is 5.91 Å². The van der Waals surface area contributed by atoms with Crippen molar-refractivity contribution < 1.29 is 17.9 Å². The molecule has 9 heteroatoms. The number of H-pyrrole nitrogens is 1. The number of fused-ring (bicyclic) bond motifs is 1. The van der Waals surface area contributed by atoms with Gasteiger partial charge in [-0.3, -0.25) is 9.59 Å². The second-order valence-electron chi connectivity index (χ2n) is 6.51. The number of rotatable bonds is 7. The molecule has 158 valence electrons. The highest BCUT2D eigenvalue weighted by Gasteiger charge is 2.21. The normalized spacial score (nSPS) is 11.6. The number of aromatic nitrogens is 1. The fraction of sp³-hybridized carbons (Fsp3) is 0.238. The molecule has 8 nitrogen and oxygen atoms in total. The standard InChI is InChI=1S/C21H23N3O5S/c1-4-24(5-2)30(27,28)16-9-6-14(7-10-16)23-21(26)18-13-22-19-11-8-15(29-3)12-17(19)20(18)25/h6-13H,4-5H2,1-3H3,(H,22,25)(H,23,26). The van der Waals surface area contributed by atoms with Gasteiger partial charge in [-0.05, 0) is 42.5 Å². The number of carbonyl (C=O) groups excluding carboxylic acids is 1. The van der Waals surface area contributed by atoms with Gasteiger partial charge in [-0.25, -0.2) is 8.42 Å². The van der Waals surface area contributed by atoms with Crippen LogP contribution < -0.4 is 15.5 Å². The number of nitrogens with zero attached hydrogens (tertiary/aromatic N) is 1. The quantitative estimate of drug-likeness (QED) is 0.600. The van der Waals surface area contributed by atoms with Crippen molar-refractivity contribution in [2.45, 2.75) is 18.7 Å². The van der Waals surface area contributed by atoms with Crippen LogP contribution >= 0.6 is 0 Å². The summed E-state index contributed by atoms with van der Waals surface area (Å²) in [5.41, 5.74) is 0.475. The number of pyridine rings is 1. The average molecular weight is 429 g/mol. The lowest BCUT2D eigenvalue weighted by Gasteiger charge is -2.18. The van der Waals surface area contributed by atoms with E-state index in [2.05, 4.69) is 10.3 Å². The van der Waals surface area contributed by atoms with Crippen molar-refractivity contribution in [3.8, 4) is 5.75 Å². The Hall–Kier alpha value is -3.17. The van der Waals surface area contributed by atoms with E-state index in [-0.39, 0.29) is 10.5 Å². The molecule has 0 saturated heterocycles. The number of benzene rings is 2. The number of amides is 1. The zero-order valence-corrected chi connectivity index (χ0v) is 17.7. The Kier molecular flexibility index (Phi) is 6.23. The van der Waals surface area contributed by atoms with Gasteiger partial charge < -0.3 is 15.0 Å². The first kappa shape index (κ1) is 21.5. The van der Waals surface area contributed by atoms with Gasteiger partial charge in [0.2, 0.25) is 15.5 Å². The topological polar surface area (TPSA) is 109 Å². The van der Waals surface area contributed by atoms with E-state index in [1.54, 1.807) is 32.0 Å². The second-order valence-corrected chi connectivity index (χ2v) is 8.45. The summed E-state index contributed by atoms with van der Waals surface area (Å²) >= 11 is 0. The number of aromatic amines is 1. The van der Waals surface area contributed by atoms with E-state index >= 15 is 0 Å². The molecule has 2 aromatic carbocycles. The summed E-state index contributed by atoms with van der Waals surface area (Å²) in [5.74, 6) is -0.0871. The fourth-order valence-corrected chi connectivity index (χ4v) is 4.57. The summed E-state index contributed by atoms with van der Waals surface area (Å²) in [6.45, 7) is 4.28. The lowest BCUT2D eigenvalue weighted by atomic mass is 10.1. The SMILES string of the molecule is CCN(CC)S(=O)(=O)c1ccc(NC(=O)c2c[nH]c3ccc(OC)cc3c2=O)cc1. The minimum Gasteiger partial charge on any atom is -0.497 e. The van der Waals surface area contributed by atoms with Crippen molar-refractivity contribution in [1.29, 1.82) is 0 Å². The number of methoxy groups -OCH3 is 1. The number of hydrogen-bond acceptors (Lipinski definition) is 5. The monoisotopic (exact) mass is 429 g/mol. The van der Waals surface area contributed by atoms with Gasteiger partial charge in [-0.2, -0.15) is 4.31 Å². The molecule has 1 amide bonds. The number of carbonyl (C=O) groups is 1. The maximum atomic E-state index is 12.7. The van der Waals surface area contributed by atoms with Crippen molar-refractivity contribution in [1.82, 2.24) is 9.29 Å². The molecule has 0 bridgehead atoms. The molecule has 3 aromatic rings. The minimum atomic E-state index is -3.58. The van der Waals surface area contributed by atoms with Crippen molar-refractivity contribution >= 4 is 32.5 Å². The molecule has 3 rings (SSSR count). The molecule has 0 radical (unpaired) electrons. The largest absolute Gasteiger partial charge is 0.497 e. The van der Waals surface area contributed by atoms with Crippen LogP contribution in [0.15, 0.2) is 58.4 Å². The summed E-state index contributed by atoms with van der Waals surface area (Å²) in [6.07, 6.45) is 1.35. The van der Waals surface area contributed by atoms with Gasteiger partial charge in [-0.15, -0.1) is 0 Å². The van der Waals surface area contributed by atoms with E-state index in [0.717, 1.165) is 0 Å². The Labute approximate surface area is 174 Å². The van der Waals surface area contributed by atoms with Gasteiger partial charge in [0, 0.05) is 35.9 Å². The molecule has 0 fully saturated rings. The summed E-state index contributed by atoms with van der Waals surface area (Å²) in [6, 6.07) is 10.8. The number of hydrogen-bond donors (Lipinski definition) is 2. The maximum Gasteiger partial charge on any atom is 0.261 e. The van der Waals surface area contributed by atoms with Crippen molar-refractivity contribution in [3.63, 3.8) is 0 Å². The second kappa shape index (κ2) is 8.68. The van der Waals surface area contributed by atoms with Crippen LogP contribution in [0.25, 0.3) is 10.9 Å². The highest BCUT2D eigenvalue weighted by atomic mass is 32.2. The molecule has 0 aliphatic carbocycles. The van der Waals surface area contributed by atoms with Gasteiger partial charge in [0.05, 0.1) is 12.0 Å². The lowest BCUT2D eigenvalue weighted by molar-refractivity contribution is 0.102. The van der Waals surface area contributed by atoms with Crippen LogP contribution in [0, 0.1) is 0 Å². The number of anilines is 1. The Bertz CT molecular complexity index is 1230. The van der Waals surface area contributed by atoms with Crippen LogP contribution in [-0.2, 0) is 10.0 Å². The molecule has 0 saturated carbocycles. The van der Waals surface area contributed by atoms with E-state index in [0.29, 0.717) is 35.4 Å². The number of sulfonamides is 1. The average Bonchev–Trinajstić information content (AvgIpc) is 2.74. The van der Waals surface area contributed by atoms with Gasteiger partial charge in [0.15, 0.2) is 0 Å². The van der Waals surface area contributed by atoms with Crippen LogP contribution in [0.2, 0.25) is 0 Å². The van der Waals surface area contributed by atoms with Crippen LogP contribution in [0.1, 0.15) is 24.2 Å². The highest BCUT2D eigenvalue weighted by Crippen LogP contribution is 2.20. The van der Waals surface area contributed by atoms with Gasteiger partial charge in [-0.1, -0.05) is 13.8 Å². The Balaban J connectivity index is 1.86. The molecule has 0 aliphatic heterocycles. The molecule has 0 unspecified atom stereocenters. The van der Waals surface area contributed by atoms with E-state index in [1.165, 1.54) is 41.9 Å². The summed E-state index contributed by atoms with van der Waals surface area (Å²) < 4.78 is 31.6. The maximum absolute atomic E-state index is 12.7. The summed E-state index contributed by atoms with van der Waals surface area (Å²) in [4.78, 5) is 28.4. The summed E-state index contributed by atoms with van der Waals surface area (Å²) in [7, 11) is -2.09. The predicted molar refractivity (Wildman–Crippen MR) is 116 cm³/mol. The third kappa shape index (κ3) is 4.07. The predicted octanol–water partition coefficient (Wildman–Crippen LogP) is 2.82. The zero-order chi connectivity index (χ0) is 21.9. The molecule has 0 aliphatic rings. The summed E-state index contributed by atoms with van der Waals surface area (Å²) in [5, 5.41) is 2.97. The van der Waals surface area contributed by atoms with Crippen molar-refractivity contribution in [3.05, 3.63) is 64.4 Å². The first-order valence-electron chi connectivity index (χ1n) is 9.42. The molecule has 1 heterocycles. The molecular formula is C21H23N3O5S. The zero-order valence-electron chi connectivity index (χ0n) is 16.9. The molecule has 1 aromatic heterocycles. The number of nitrogens with one attached hydrogen (secondary N) is 2. The Morgan fingerprint density at radius 1 is 1.10 bits per heavy atom. The van der Waals surface area contributed by atoms with Crippen molar-refractivity contribution in [2.75, 3.05) is 25.5 Å². The minimum absolute atomic E-state index is 0.0596. The van der Waals surface area contributed by atoms with Gasteiger partial charge in [0.1, 0.15) is 11.3 Å². The first-order valence-corrected chi connectivity index (χ1v) is 10.9. The Morgan fingerprint density at radius 2 is 1.77 bits per heavy atom. The molecular weight excluding hydrogens is 406 g/mol. The first-order chi connectivity index (χ1) is 14.3. The number of ether oxygens (including phenoxy) is 1. The molecule has 0 atom stereocenters. The van der Waals surface area contributed by atoms with Gasteiger partial charge >= 0.3 is 0 Å². The van der Waals surface area contributed by atoms with Crippen molar-refractivity contribution in [2.24, 2.45) is 0 Å². The third-order valence-corrected chi connectivity index (χ3v) is 6.85. The smallest absolute Gasteiger partial charge is 0.261 e. The Morgan fingerprint density at radius 3 is 2.37 bits per heavy atom. The highest BCUT2D eigenvalue weighted by molar-refractivity contribution is 7.89. The molecule has 2 N–H and O–H groups in total. The van der Waals surface area contributed by atoms with Crippen LogP contribution in [-0.4, -0.2) is 43.8 Å². The fourth-order valence-electron chi connectivity index (χ4n) is 3.11. The lowest BCUT2D eigenvalue weighted by Crippen LogP contribution is -2.30. The van der Waals surface area contributed by atoms with E-state index in [4.69, 9.17) is 4.74 Å². The van der Waals surface area contributed by atoms with E-state index < -0.39 is 21.4 Å². The van der Waals surface area contributed by atoms with E-state index in [1.807, 2.05) is 0 Å². The molecule has 30 heavy (non-hydrogen) atoms. The van der Waals surface area contributed by atoms with E-state index in [9.17, 15) is 18.0 Å². The van der Waals surface area contributed by atoms with Crippen LogP contribution in [0.3, 0.4) is 0 Å². The third-order valence-electron chi connectivity index (χ3n) is 4.79. The molecule has 0 spiro atoms. The van der Waals surface area contributed by atoms with Crippen LogP contribution in [0.5, 0.6) is 5.75 Å². The van der Waals surface area contributed by atoms with Crippen LogP contribution in [0.4, 0.5) is 5.69 Å².